The third-order valence-electron chi connectivity index (χ3n) is 2.89. The largest absolute Gasteiger partial charge is 0.310 e. The highest BCUT2D eigenvalue weighted by atomic mass is 35.5. The molecular weight excluding hydrogens is 295 g/mol. The maximum absolute atomic E-state index is 14.1. The number of aromatic nitrogens is 1. The molecule has 5 heteroatoms. The lowest BCUT2D eigenvalue weighted by molar-refractivity contribution is 0.531. The van der Waals surface area contributed by atoms with Crippen molar-refractivity contribution in [1.82, 2.24) is 10.3 Å². The van der Waals surface area contributed by atoms with E-state index in [1.54, 1.807) is 24.4 Å². The van der Waals surface area contributed by atoms with Crippen LogP contribution in [0.25, 0.3) is 0 Å². The summed E-state index contributed by atoms with van der Waals surface area (Å²) in [5.41, 5.74) is 0.654. The second kappa shape index (κ2) is 7.07. The number of hydrogen-bond donors (Lipinski definition) is 1. The molecule has 1 aromatic carbocycles. The standard InChI is InChI=1S/C15H16ClFN2S/c1-3-18-10(2)14-12(17)7-4-8-13(14)20-15-11(16)6-5-9-19-15/h4-10,18H,3H2,1-2H3. The van der Waals surface area contributed by atoms with Crippen molar-refractivity contribution in [2.75, 3.05) is 6.54 Å². The van der Waals surface area contributed by atoms with Crippen LogP contribution in [-0.2, 0) is 0 Å². The van der Waals surface area contributed by atoms with E-state index in [1.807, 2.05) is 19.9 Å². The van der Waals surface area contributed by atoms with E-state index in [1.165, 1.54) is 17.8 Å². The van der Waals surface area contributed by atoms with Gasteiger partial charge in [0.15, 0.2) is 0 Å². The summed E-state index contributed by atoms with van der Waals surface area (Å²) in [7, 11) is 0. The Balaban J connectivity index is 2.37. The molecule has 1 unspecified atom stereocenters. The van der Waals surface area contributed by atoms with E-state index in [9.17, 15) is 4.39 Å². The van der Waals surface area contributed by atoms with Gasteiger partial charge in [-0.05, 0) is 37.7 Å². The van der Waals surface area contributed by atoms with Crippen LogP contribution in [0.15, 0.2) is 46.5 Å². The molecule has 1 heterocycles. The normalized spacial score (nSPS) is 12.4. The van der Waals surface area contributed by atoms with E-state index in [0.29, 0.717) is 15.6 Å². The topological polar surface area (TPSA) is 24.9 Å². The summed E-state index contributed by atoms with van der Waals surface area (Å²) in [6, 6.07) is 8.57. The summed E-state index contributed by atoms with van der Waals surface area (Å²) in [6.07, 6.45) is 1.68. The molecule has 20 heavy (non-hydrogen) atoms. The Morgan fingerprint density at radius 2 is 2.15 bits per heavy atom. The second-order valence-electron chi connectivity index (χ2n) is 4.32. The Kier molecular flexibility index (Phi) is 5.40. The summed E-state index contributed by atoms with van der Waals surface area (Å²) in [4.78, 5) is 5.07. The van der Waals surface area contributed by atoms with E-state index >= 15 is 0 Å². The Labute approximate surface area is 127 Å². The van der Waals surface area contributed by atoms with Gasteiger partial charge in [-0.3, -0.25) is 0 Å². The average Bonchev–Trinajstić information content (AvgIpc) is 2.42. The van der Waals surface area contributed by atoms with Crippen LogP contribution in [0.2, 0.25) is 5.02 Å². The lowest BCUT2D eigenvalue weighted by atomic mass is 10.1. The number of nitrogens with one attached hydrogen (secondary N) is 1. The quantitative estimate of drug-likeness (QED) is 0.866. The average molecular weight is 311 g/mol. The molecule has 0 bridgehead atoms. The van der Waals surface area contributed by atoms with Gasteiger partial charge in [-0.25, -0.2) is 9.37 Å². The number of pyridine rings is 1. The minimum Gasteiger partial charge on any atom is -0.310 e. The summed E-state index contributed by atoms with van der Waals surface area (Å²) < 4.78 is 14.1. The lowest BCUT2D eigenvalue weighted by Crippen LogP contribution is -2.19. The van der Waals surface area contributed by atoms with Gasteiger partial charge in [0.2, 0.25) is 0 Å². The van der Waals surface area contributed by atoms with E-state index in [4.69, 9.17) is 11.6 Å². The maximum atomic E-state index is 14.1. The first-order chi connectivity index (χ1) is 9.63. The number of rotatable bonds is 5. The Hall–Kier alpha value is -1.10. The van der Waals surface area contributed by atoms with Crippen molar-refractivity contribution in [2.45, 2.75) is 29.8 Å². The molecule has 0 aliphatic heterocycles. The van der Waals surface area contributed by atoms with Crippen LogP contribution in [0.4, 0.5) is 4.39 Å². The lowest BCUT2D eigenvalue weighted by Gasteiger charge is -2.17. The number of nitrogens with zero attached hydrogens (tertiary/aromatic N) is 1. The van der Waals surface area contributed by atoms with E-state index in [-0.39, 0.29) is 11.9 Å². The van der Waals surface area contributed by atoms with Gasteiger partial charge in [-0.2, -0.15) is 0 Å². The number of halogens is 2. The first-order valence-corrected chi connectivity index (χ1v) is 7.63. The monoisotopic (exact) mass is 310 g/mol. The molecule has 1 atom stereocenters. The van der Waals surface area contributed by atoms with Gasteiger partial charge in [0, 0.05) is 22.7 Å². The highest BCUT2D eigenvalue weighted by molar-refractivity contribution is 7.99. The predicted octanol–water partition coefficient (Wildman–Crippen LogP) is 4.70. The molecule has 106 valence electrons. The van der Waals surface area contributed by atoms with Crippen LogP contribution in [0.5, 0.6) is 0 Å². The smallest absolute Gasteiger partial charge is 0.129 e. The van der Waals surface area contributed by atoms with Crippen molar-refractivity contribution in [2.24, 2.45) is 0 Å². The molecule has 0 aliphatic carbocycles. The number of benzene rings is 1. The maximum Gasteiger partial charge on any atom is 0.129 e. The molecule has 2 aromatic rings. The fraction of sp³-hybridized carbons (Fsp3) is 0.267. The van der Waals surface area contributed by atoms with Gasteiger partial charge in [-0.1, -0.05) is 36.4 Å². The second-order valence-corrected chi connectivity index (χ2v) is 5.76. The van der Waals surface area contributed by atoms with Gasteiger partial charge in [0.1, 0.15) is 10.8 Å². The van der Waals surface area contributed by atoms with Crippen LogP contribution in [0, 0.1) is 5.82 Å². The van der Waals surface area contributed by atoms with Crippen molar-refractivity contribution in [1.29, 1.82) is 0 Å². The summed E-state index contributed by atoms with van der Waals surface area (Å²) in [6.45, 7) is 4.73. The van der Waals surface area contributed by atoms with Crippen LogP contribution >= 0.6 is 23.4 Å². The minimum atomic E-state index is -0.212. The molecule has 0 aliphatic rings. The minimum absolute atomic E-state index is 0.0637. The Morgan fingerprint density at radius 1 is 1.35 bits per heavy atom. The zero-order valence-corrected chi connectivity index (χ0v) is 12.9. The summed E-state index contributed by atoms with van der Waals surface area (Å²) >= 11 is 7.50. The van der Waals surface area contributed by atoms with Gasteiger partial charge >= 0.3 is 0 Å². The van der Waals surface area contributed by atoms with E-state index in [2.05, 4.69) is 10.3 Å². The molecule has 1 aromatic heterocycles. The van der Waals surface area contributed by atoms with Gasteiger partial charge in [0.25, 0.3) is 0 Å². The fourth-order valence-corrected chi connectivity index (χ4v) is 3.24. The van der Waals surface area contributed by atoms with Crippen molar-refractivity contribution < 1.29 is 4.39 Å². The van der Waals surface area contributed by atoms with E-state index in [0.717, 1.165) is 11.4 Å². The molecule has 0 spiro atoms. The van der Waals surface area contributed by atoms with Gasteiger partial charge in [0.05, 0.1) is 5.02 Å². The SMILES string of the molecule is CCNC(C)c1c(F)cccc1Sc1ncccc1Cl. The molecular formula is C15H16ClFN2S. The van der Waals surface area contributed by atoms with Gasteiger partial charge < -0.3 is 5.32 Å². The third-order valence-corrected chi connectivity index (χ3v) is 4.40. The molecule has 0 saturated carbocycles. The molecule has 2 nitrogen and oxygen atoms in total. The van der Waals surface area contributed by atoms with E-state index < -0.39 is 0 Å². The zero-order valence-electron chi connectivity index (χ0n) is 11.4. The van der Waals surface area contributed by atoms with Crippen LogP contribution in [-0.4, -0.2) is 11.5 Å². The van der Waals surface area contributed by atoms with Crippen molar-refractivity contribution in [3.8, 4) is 0 Å². The highest BCUT2D eigenvalue weighted by Crippen LogP contribution is 2.36. The Bertz CT molecular complexity index is 592. The highest BCUT2D eigenvalue weighted by Gasteiger charge is 2.16. The first-order valence-electron chi connectivity index (χ1n) is 6.43. The molecule has 0 radical (unpaired) electrons. The molecule has 0 fully saturated rings. The number of hydrogen-bond acceptors (Lipinski definition) is 3. The van der Waals surface area contributed by atoms with Crippen LogP contribution in [0.3, 0.4) is 0 Å². The molecule has 0 saturated heterocycles. The van der Waals surface area contributed by atoms with Crippen LogP contribution in [0.1, 0.15) is 25.5 Å². The molecule has 1 N–H and O–H groups in total. The van der Waals surface area contributed by atoms with Crippen LogP contribution < -0.4 is 5.32 Å². The van der Waals surface area contributed by atoms with Crippen molar-refractivity contribution in [3.63, 3.8) is 0 Å². The fourth-order valence-electron chi connectivity index (χ4n) is 1.99. The zero-order chi connectivity index (χ0) is 14.5. The van der Waals surface area contributed by atoms with Crippen molar-refractivity contribution >= 4 is 23.4 Å². The first kappa shape index (κ1) is 15.3. The summed E-state index contributed by atoms with van der Waals surface area (Å²) in [5, 5.41) is 4.49. The third kappa shape index (κ3) is 3.51. The summed E-state index contributed by atoms with van der Waals surface area (Å²) in [5.74, 6) is -0.212. The predicted molar refractivity (Wildman–Crippen MR) is 81.9 cm³/mol. The Morgan fingerprint density at radius 3 is 2.85 bits per heavy atom. The molecule has 2 rings (SSSR count). The van der Waals surface area contributed by atoms with Gasteiger partial charge in [-0.15, -0.1) is 0 Å². The van der Waals surface area contributed by atoms with Crippen molar-refractivity contribution in [3.05, 3.63) is 52.9 Å². The molecule has 0 amide bonds.